The maximum absolute atomic E-state index is 12.9. The minimum atomic E-state index is -0.211. The van der Waals surface area contributed by atoms with Crippen LogP contribution in [0.4, 0.5) is 0 Å². The van der Waals surface area contributed by atoms with Crippen molar-refractivity contribution in [2.24, 2.45) is 5.41 Å². The quantitative estimate of drug-likeness (QED) is 0.794. The second-order valence-corrected chi connectivity index (χ2v) is 5.74. The second-order valence-electron chi connectivity index (χ2n) is 5.74. The smallest absolute Gasteiger partial charge is 0.230 e. The summed E-state index contributed by atoms with van der Waals surface area (Å²) in [5.41, 5.74) is -0.211. The van der Waals surface area contributed by atoms with Gasteiger partial charge < -0.3 is 15.3 Å². The van der Waals surface area contributed by atoms with Gasteiger partial charge in [0.05, 0.1) is 18.1 Å². The van der Waals surface area contributed by atoms with E-state index >= 15 is 0 Å². The highest BCUT2D eigenvalue weighted by atomic mass is 16.3. The molecule has 2 aliphatic rings. The maximum Gasteiger partial charge on any atom is 0.230 e. The fraction of sp³-hybridized carbons (Fsp3) is 0.929. The highest BCUT2D eigenvalue weighted by molar-refractivity contribution is 5.83. The van der Waals surface area contributed by atoms with E-state index in [2.05, 4.69) is 12.2 Å². The highest BCUT2D eigenvalue weighted by Gasteiger charge is 2.43. The molecular formula is C14H26N2O2. The zero-order valence-corrected chi connectivity index (χ0v) is 11.5. The Kier molecular flexibility index (Phi) is 4.62. The SMILES string of the molecule is CCC1(C(=O)N2CCCCCC2CO)CCNC1. The summed E-state index contributed by atoms with van der Waals surface area (Å²) in [6, 6.07) is 0.0454. The molecule has 0 aromatic heterocycles. The molecule has 2 fully saturated rings. The topological polar surface area (TPSA) is 52.6 Å². The molecule has 0 aromatic rings. The molecule has 4 heteroatoms. The van der Waals surface area contributed by atoms with Crippen molar-refractivity contribution in [3.8, 4) is 0 Å². The Labute approximate surface area is 110 Å². The molecule has 18 heavy (non-hydrogen) atoms. The second kappa shape index (κ2) is 6.02. The molecule has 0 spiro atoms. The van der Waals surface area contributed by atoms with Crippen LogP contribution in [-0.4, -0.2) is 48.2 Å². The molecule has 0 aromatic carbocycles. The fourth-order valence-corrected chi connectivity index (χ4v) is 3.32. The first-order valence-corrected chi connectivity index (χ1v) is 7.36. The lowest BCUT2D eigenvalue weighted by molar-refractivity contribution is -0.144. The molecule has 2 rings (SSSR count). The van der Waals surface area contributed by atoms with Gasteiger partial charge in [-0.15, -0.1) is 0 Å². The lowest BCUT2D eigenvalue weighted by Crippen LogP contribution is -2.50. The van der Waals surface area contributed by atoms with Crippen molar-refractivity contribution in [1.29, 1.82) is 0 Å². The number of likely N-dealkylation sites (tertiary alicyclic amines) is 1. The van der Waals surface area contributed by atoms with Gasteiger partial charge in [-0.05, 0) is 32.2 Å². The van der Waals surface area contributed by atoms with Crippen LogP contribution in [0.1, 0.15) is 45.4 Å². The van der Waals surface area contributed by atoms with Gasteiger partial charge in [0.25, 0.3) is 0 Å². The summed E-state index contributed by atoms with van der Waals surface area (Å²) < 4.78 is 0. The average molecular weight is 254 g/mol. The minimum absolute atomic E-state index is 0.0454. The molecule has 104 valence electrons. The standard InChI is InChI=1S/C14H26N2O2/c1-2-14(7-8-15-11-14)13(18)16-9-5-3-4-6-12(16)10-17/h12,15,17H,2-11H2,1H3. The summed E-state index contributed by atoms with van der Waals surface area (Å²) in [5.74, 6) is 0.274. The Morgan fingerprint density at radius 3 is 2.89 bits per heavy atom. The van der Waals surface area contributed by atoms with Crippen LogP contribution in [0.25, 0.3) is 0 Å². The third-order valence-electron chi connectivity index (χ3n) is 4.72. The first kappa shape index (κ1) is 13.8. The number of hydrogen-bond donors (Lipinski definition) is 2. The summed E-state index contributed by atoms with van der Waals surface area (Å²) in [5, 5.41) is 12.8. The predicted molar refractivity (Wildman–Crippen MR) is 71.3 cm³/mol. The van der Waals surface area contributed by atoms with E-state index in [0.29, 0.717) is 0 Å². The number of amides is 1. The lowest BCUT2D eigenvalue weighted by Gasteiger charge is -2.36. The third-order valence-corrected chi connectivity index (χ3v) is 4.72. The zero-order chi connectivity index (χ0) is 13.0. The summed E-state index contributed by atoms with van der Waals surface area (Å²) in [4.78, 5) is 14.8. The largest absolute Gasteiger partial charge is 0.394 e. The Bertz CT molecular complexity index is 288. The van der Waals surface area contributed by atoms with Gasteiger partial charge in [-0.3, -0.25) is 4.79 Å². The van der Waals surface area contributed by atoms with E-state index in [4.69, 9.17) is 0 Å². The minimum Gasteiger partial charge on any atom is -0.394 e. The Hall–Kier alpha value is -0.610. The van der Waals surface area contributed by atoms with Crippen LogP contribution < -0.4 is 5.32 Å². The van der Waals surface area contributed by atoms with Crippen LogP contribution in [0.5, 0.6) is 0 Å². The monoisotopic (exact) mass is 254 g/mol. The van der Waals surface area contributed by atoms with Crippen molar-refractivity contribution in [3.05, 3.63) is 0 Å². The van der Waals surface area contributed by atoms with Crippen molar-refractivity contribution in [2.75, 3.05) is 26.2 Å². The van der Waals surface area contributed by atoms with Crippen molar-refractivity contribution >= 4 is 5.91 Å². The van der Waals surface area contributed by atoms with Crippen molar-refractivity contribution < 1.29 is 9.90 Å². The number of nitrogens with zero attached hydrogens (tertiary/aromatic N) is 1. The fourth-order valence-electron chi connectivity index (χ4n) is 3.32. The number of hydrogen-bond acceptors (Lipinski definition) is 3. The lowest BCUT2D eigenvalue weighted by atomic mass is 9.82. The van der Waals surface area contributed by atoms with Gasteiger partial charge in [-0.1, -0.05) is 19.8 Å². The molecule has 2 aliphatic heterocycles. The van der Waals surface area contributed by atoms with Gasteiger partial charge in [-0.2, -0.15) is 0 Å². The Morgan fingerprint density at radius 1 is 1.44 bits per heavy atom. The molecule has 2 heterocycles. The van der Waals surface area contributed by atoms with E-state index < -0.39 is 0 Å². The van der Waals surface area contributed by atoms with Crippen LogP contribution in [0.2, 0.25) is 0 Å². The van der Waals surface area contributed by atoms with E-state index in [-0.39, 0.29) is 24.0 Å². The number of carbonyl (C=O) groups excluding carboxylic acids is 1. The highest BCUT2D eigenvalue weighted by Crippen LogP contribution is 2.33. The van der Waals surface area contributed by atoms with Crippen LogP contribution in [-0.2, 0) is 4.79 Å². The number of rotatable bonds is 3. The molecule has 0 bridgehead atoms. The van der Waals surface area contributed by atoms with Crippen molar-refractivity contribution in [2.45, 2.75) is 51.5 Å². The van der Waals surface area contributed by atoms with Crippen LogP contribution >= 0.6 is 0 Å². The van der Waals surface area contributed by atoms with E-state index in [1.807, 2.05) is 4.90 Å². The molecule has 0 saturated carbocycles. The van der Waals surface area contributed by atoms with Gasteiger partial charge in [0.15, 0.2) is 0 Å². The van der Waals surface area contributed by atoms with E-state index in [9.17, 15) is 9.90 Å². The van der Waals surface area contributed by atoms with Crippen LogP contribution in [0.3, 0.4) is 0 Å². The molecule has 2 unspecified atom stereocenters. The molecular weight excluding hydrogens is 228 g/mol. The maximum atomic E-state index is 12.9. The van der Waals surface area contributed by atoms with Crippen molar-refractivity contribution in [3.63, 3.8) is 0 Å². The van der Waals surface area contributed by atoms with Gasteiger partial charge in [0, 0.05) is 13.1 Å². The molecule has 2 N–H and O–H groups in total. The van der Waals surface area contributed by atoms with E-state index in [0.717, 1.165) is 51.7 Å². The molecule has 4 nitrogen and oxygen atoms in total. The summed E-state index contributed by atoms with van der Waals surface area (Å²) in [7, 11) is 0. The summed E-state index contributed by atoms with van der Waals surface area (Å²) in [6.45, 7) is 4.79. The van der Waals surface area contributed by atoms with Gasteiger partial charge >= 0.3 is 0 Å². The molecule has 0 radical (unpaired) electrons. The normalized spacial score (nSPS) is 33.4. The first-order chi connectivity index (χ1) is 8.73. The van der Waals surface area contributed by atoms with Gasteiger partial charge in [0.1, 0.15) is 0 Å². The Morgan fingerprint density at radius 2 is 2.28 bits per heavy atom. The van der Waals surface area contributed by atoms with Gasteiger partial charge in [0.2, 0.25) is 5.91 Å². The molecule has 2 saturated heterocycles. The van der Waals surface area contributed by atoms with Crippen molar-refractivity contribution in [1.82, 2.24) is 10.2 Å². The Balaban J connectivity index is 2.13. The molecule has 2 atom stereocenters. The summed E-state index contributed by atoms with van der Waals surface area (Å²) >= 11 is 0. The summed E-state index contributed by atoms with van der Waals surface area (Å²) in [6.07, 6.45) is 6.18. The predicted octanol–water partition coefficient (Wildman–Crippen LogP) is 1.14. The number of aliphatic hydroxyl groups excluding tert-OH is 1. The zero-order valence-electron chi connectivity index (χ0n) is 11.5. The number of nitrogens with one attached hydrogen (secondary N) is 1. The van der Waals surface area contributed by atoms with Crippen LogP contribution in [0.15, 0.2) is 0 Å². The number of carbonyl (C=O) groups is 1. The number of aliphatic hydroxyl groups is 1. The average Bonchev–Trinajstić information content (AvgIpc) is 2.77. The third kappa shape index (κ3) is 2.54. The van der Waals surface area contributed by atoms with E-state index in [1.165, 1.54) is 6.42 Å². The van der Waals surface area contributed by atoms with Crippen LogP contribution in [0, 0.1) is 5.41 Å². The first-order valence-electron chi connectivity index (χ1n) is 7.36. The molecule has 0 aliphatic carbocycles. The van der Waals surface area contributed by atoms with Gasteiger partial charge in [-0.25, -0.2) is 0 Å². The molecule has 1 amide bonds. The van der Waals surface area contributed by atoms with E-state index in [1.54, 1.807) is 0 Å².